The van der Waals surface area contributed by atoms with Gasteiger partial charge in [-0.15, -0.1) is 10.2 Å². The van der Waals surface area contributed by atoms with E-state index in [0.717, 1.165) is 28.2 Å². The summed E-state index contributed by atoms with van der Waals surface area (Å²) >= 11 is 1.17. The molecule has 194 valence electrons. The number of hydrogen-bond acceptors (Lipinski definition) is 10. The molecule has 0 spiro atoms. The number of nitrogens with zero attached hydrogens (tertiary/aromatic N) is 5. The Morgan fingerprint density at radius 2 is 1.71 bits per heavy atom. The zero-order chi connectivity index (χ0) is 26.5. The third kappa shape index (κ3) is 5.32. The first-order valence-electron chi connectivity index (χ1n) is 11.7. The van der Waals surface area contributed by atoms with E-state index in [2.05, 4.69) is 15.2 Å². The molecule has 0 aliphatic carbocycles. The molecule has 0 radical (unpaired) electrons. The molecule has 1 aliphatic heterocycles. The molecule has 0 saturated heterocycles. The summed E-state index contributed by atoms with van der Waals surface area (Å²) in [6, 6.07) is 16.5. The molecule has 5 rings (SSSR count). The minimum atomic E-state index is -0.324. The van der Waals surface area contributed by atoms with E-state index in [4.69, 9.17) is 23.7 Å². The molecule has 2 aromatic heterocycles. The highest BCUT2D eigenvalue weighted by atomic mass is 32.2. The average Bonchev–Trinajstić information content (AvgIpc) is 3.64. The molecule has 10 nitrogen and oxygen atoms in total. The van der Waals surface area contributed by atoms with Crippen molar-refractivity contribution >= 4 is 23.4 Å². The lowest BCUT2D eigenvalue weighted by molar-refractivity contribution is -0.130. The molecule has 2 aromatic carbocycles. The van der Waals surface area contributed by atoms with E-state index in [9.17, 15) is 4.79 Å². The van der Waals surface area contributed by atoms with E-state index >= 15 is 0 Å². The maximum absolute atomic E-state index is 13.5. The summed E-state index contributed by atoms with van der Waals surface area (Å²) in [5.41, 5.74) is 3.35. The van der Waals surface area contributed by atoms with Crippen LogP contribution in [-0.2, 0) is 4.79 Å². The van der Waals surface area contributed by atoms with Crippen LogP contribution in [0.4, 0.5) is 0 Å². The molecule has 4 aromatic rings. The molecule has 1 atom stereocenters. The topological polar surface area (TPSA) is 112 Å². The van der Waals surface area contributed by atoms with Gasteiger partial charge >= 0.3 is 0 Å². The number of carbonyl (C=O) groups is 1. The molecule has 0 fully saturated rings. The van der Waals surface area contributed by atoms with Crippen LogP contribution in [0.3, 0.4) is 0 Å². The van der Waals surface area contributed by atoms with Crippen LogP contribution in [0.15, 0.2) is 81.7 Å². The lowest BCUT2D eigenvalue weighted by Gasteiger charge is -2.22. The van der Waals surface area contributed by atoms with Crippen molar-refractivity contribution in [1.29, 1.82) is 0 Å². The fraction of sp³-hybridized carbons (Fsp3) is 0.222. The summed E-state index contributed by atoms with van der Waals surface area (Å²) in [5.74, 6) is 2.19. The second kappa shape index (κ2) is 11.3. The average molecular weight is 532 g/mol. The van der Waals surface area contributed by atoms with Gasteiger partial charge in [0.15, 0.2) is 11.5 Å². The molecule has 0 bridgehead atoms. The number of hydrogen-bond donors (Lipinski definition) is 0. The number of benzene rings is 2. The van der Waals surface area contributed by atoms with Gasteiger partial charge in [-0.05, 0) is 59.7 Å². The Balaban J connectivity index is 1.38. The number of hydrazone groups is 1. The van der Waals surface area contributed by atoms with Crippen LogP contribution in [0.2, 0.25) is 0 Å². The van der Waals surface area contributed by atoms with E-state index in [-0.39, 0.29) is 17.7 Å². The normalized spacial score (nSPS) is 14.8. The van der Waals surface area contributed by atoms with Gasteiger partial charge in [0.2, 0.25) is 5.89 Å². The smallest absolute Gasteiger partial charge is 0.277 e. The number of ether oxygens (including phenoxy) is 3. The van der Waals surface area contributed by atoms with Crippen molar-refractivity contribution in [2.75, 3.05) is 27.1 Å². The van der Waals surface area contributed by atoms with Crippen molar-refractivity contribution in [1.82, 2.24) is 20.2 Å². The largest absolute Gasteiger partial charge is 0.497 e. The van der Waals surface area contributed by atoms with Gasteiger partial charge < -0.3 is 18.6 Å². The molecular weight excluding hydrogens is 506 g/mol. The number of aromatic nitrogens is 3. The van der Waals surface area contributed by atoms with Crippen LogP contribution in [0.25, 0.3) is 11.5 Å². The molecule has 11 heteroatoms. The molecular formula is C27H25N5O5S. The van der Waals surface area contributed by atoms with Crippen LogP contribution in [0.1, 0.15) is 23.6 Å². The Hall–Kier alpha value is -4.38. The molecule has 0 saturated carbocycles. The number of carbonyl (C=O) groups excluding carboxylic acids is 1. The highest BCUT2D eigenvalue weighted by Crippen LogP contribution is 2.38. The van der Waals surface area contributed by atoms with E-state index in [0.29, 0.717) is 29.0 Å². The van der Waals surface area contributed by atoms with Crippen LogP contribution in [-0.4, -0.2) is 58.9 Å². The van der Waals surface area contributed by atoms with Crippen molar-refractivity contribution in [3.63, 3.8) is 0 Å². The monoisotopic (exact) mass is 531 g/mol. The van der Waals surface area contributed by atoms with Gasteiger partial charge in [-0.2, -0.15) is 5.10 Å². The van der Waals surface area contributed by atoms with E-state index in [1.807, 2.05) is 42.5 Å². The van der Waals surface area contributed by atoms with Gasteiger partial charge in [0.1, 0.15) is 5.75 Å². The predicted molar refractivity (Wildman–Crippen MR) is 142 cm³/mol. The number of pyridine rings is 1. The Labute approximate surface area is 223 Å². The summed E-state index contributed by atoms with van der Waals surface area (Å²) in [6.07, 6.45) is 3.83. The van der Waals surface area contributed by atoms with Crippen LogP contribution >= 0.6 is 11.8 Å². The lowest BCUT2D eigenvalue weighted by Crippen LogP contribution is -2.28. The Morgan fingerprint density at radius 1 is 0.947 bits per heavy atom. The minimum Gasteiger partial charge on any atom is -0.497 e. The third-order valence-electron chi connectivity index (χ3n) is 6.03. The number of rotatable bonds is 9. The van der Waals surface area contributed by atoms with Gasteiger partial charge in [0, 0.05) is 24.4 Å². The van der Waals surface area contributed by atoms with Crippen LogP contribution < -0.4 is 14.2 Å². The van der Waals surface area contributed by atoms with Crippen molar-refractivity contribution in [3.05, 3.63) is 78.1 Å². The lowest BCUT2D eigenvalue weighted by atomic mass is 9.98. The van der Waals surface area contributed by atoms with Crippen LogP contribution in [0, 0.1) is 0 Å². The van der Waals surface area contributed by atoms with Gasteiger partial charge in [-0.25, -0.2) is 5.01 Å². The van der Waals surface area contributed by atoms with Crippen molar-refractivity contribution < 1.29 is 23.4 Å². The number of thioether (sulfide) groups is 1. The fourth-order valence-corrected chi connectivity index (χ4v) is 4.70. The fourth-order valence-electron chi connectivity index (χ4n) is 4.09. The predicted octanol–water partition coefficient (Wildman–Crippen LogP) is 4.63. The Kier molecular flexibility index (Phi) is 7.55. The first-order valence-corrected chi connectivity index (χ1v) is 12.7. The number of methoxy groups -OCH3 is 3. The molecule has 1 unspecified atom stereocenters. The second-order valence-electron chi connectivity index (χ2n) is 8.25. The summed E-state index contributed by atoms with van der Waals surface area (Å²) in [4.78, 5) is 17.4. The molecule has 1 amide bonds. The maximum Gasteiger partial charge on any atom is 0.277 e. The zero-order valence-corrected chi connectivity index (χ0v) is 21.8. The molecule has 38 heavy (non-hydrogen) atoms. The van der Waals surface area contributed by atoms with Gasteiger partial charge in [0.05, 0.1) is 38.8 Å². The first-order chi connectivity index (χ1) is 18.6. The summed E-state index contributed by atoms with van der Waals surface area (Å²) in [7, 11) is 4.79. The van der Waals surface area contributed by atoms with Gasteiger partial charge in [-0.3, -0.25) is 9.78 Å². The van der Waals surface area contributed by atoms with E-state index in [1.54, 1.807) is 45.9 Å². The van der Waals surface area contributed by atoms with Crippen LogP contribution in [0.5, 0.6) is 17.2 Å². The summed E-state index contributed by atoms with van der Waals surface area (Å²) in [5, 5.41) is 14.7. The Morgan fingerprint density at radius 3 is 2.42 bits per heavy atom. The summed E-state index contributed by atoms with van der Waals surface area (Å²) in [6.45, 7) is 0. The highest BCUT2D eigenvalue weighted by molar-refractivity contribution is 7.99. The molecule has 1 aliphatic rings. The molecule has 3 heterocycles. The SMILES string of the molecule is COc1ccc(C2=NN(C(=O)CSc3nnc(-c4ccncc4)o3)C(c3ccc(OC)c(OC)c3)C2)cc1. The second-order valence-corrected chi connectivity index (χ2v) is 9.17. The Bertz CT molecular complexity index is 1440. The van der Waals surface area contributed by atoms with Crippen molar-refractivity contribution in [3.8, 4) is 28.7 Å². The summed E-state index contributed by atoms with van der Waals surface area (Å²) < 4.78 is 21.9. The van der Waals surface area contributed by atoms with E-state index < -0.39 is 0 Å². The third-order valence-corrected chi connectivity index (χ3v) is 6.84. The highest BCUT2D eigenvalue weighted by Gasteiger charge is 2.34. The van der Waals surface area contributed by atoms with Crippen molar-refractivity contribution in [2.45, 2.75) is 17.7 Å². The van der Waals surface area contributed by atoms with Crippen molar-refractivity contribution in [2.24, 2.45) is 5.10 Å². The maximum atomic E-state index is 13.5. The molecule has 0 N–H and O–H groups in total. The quantitative estimate of drug-likeness (QED) is 0.285. The minimum absolute atomic E-state index is 0.0706. The number of amides is 1. The first kappa shape index (κ1) is 25.3. The standard InChI is InChI=1S/C27H25N5O5S/c1-34-20-7-4-17(5-8-20)21-15-22(19-6-9-23(35-2)24(14-19)36-3)32(31-21)25(33)16-38-27-30-29-26(37-27)18-10-12-28-13-11-18/h4-14,22H,15-16H2,1-3H3. The zero-order valence-electron chi connectivity index (χ0n) is 21.0. The van der Waals surface area contributed by atoms with E-state index in [1.165, 1.54) is 16.8 Å². The van der Waals surface area contributed by atoms with Gasteiger partial charge in [0.25, 0.3) is 11.1 Å². The van der Waals surface area contributed by atoms with Gasteiger partial charge in [-0.1, -0.05) is 17.8 Å².